The fourth-order valence-corrected chi connectivity index (χ4v) is 1.92. The highest BCUT2D eigenvalue weighted by molar-refractivity contribution is 5.91. The normalized spacial score (nSPS) is 9.28. The minimum atomic E-state index is -0.342. The number of carbonyl (C=O) groups excluding carboxylic acids is 2. The molecule has 0 aliphatic carbocycles. The van der Waals surface area contributed by atoms with Crippen molar-refractivity contribution in [3.05, 3.63) is 65.2 Å². The molecule has 0 radical (unpaired) electrons. The summed E-state index contributed by atoms with van der Waals surface area (Å²) in [6.45, 7) is 5.28. The van der Waals surface area contributed by atoms with E-state index in [0.717, 1.165) is 11.3 Å². The Morgan fingerprint density at radius 2 is 1.52 bits per heavy atom. The maximum atomic E-state index is 11.1. The zero-order chi connectivity index (χ0) is 18.8. The molecule has 0 aliphatic heterocycles. The largest absolute Gasteiger partial charge is 0.465 e. The average molecular weight is 342 g/mol. The molecule has 0 saturated carbocycles. The number of hydrazone groups is 1. The van der Waals surface area contributed by atoms with Gasteiger partial charge < -0.3 is 9.47 Å². The van der Waals surface area contributed by atoms with Crippen LogP contribution in [0, 0.1) is 6.92 Å². The minimum Gasteiger partial charge on any atom is -0.465 e. The zero-order valence-corrected chi connectivity index (χ0v) is 14.9. The Labute approximate surface area is 147 Å². The molecule has 2 rings (SSSR count). The van der Waals surface area contributed by atoms with Gasteiger partial charge >= 0.3 is 11.9 Å². The van der Waals surface area contributed by atoms with Gasteiger partial charge in [-0.3, -0.25) is 5.01 Å². The molecule has 2 aromatic rings. The summed E-state index contributed by atoms with van der Waals surface area (Å²) in [6, 6.07) is 14.3. The fourth-order valence-electron chi connectivity index (χ4n) is 1.92. The van der Waals surface area contributed by atoms with Gasteiger partial charge in [0.1, 0.15) is 0 Å². The predicted molar refractivity (Wildman–Crippen MR) is 98.3 cm³/mol. The van der Waals surface area contributed by atoms with Crippen LogP contribution in [0.1, 0.15) is 26.3 Å². The molecule has 0 amide bonds. The van der Waals surface area contributed by atoms with Crippen LogP contribution in [0.15, 0.2) is 53.6 Å². The number of ether oxygens (including phenoxy) is 2. The number of hydrogen-bond acceptors (Lipinski definition) is 6. The first-order chi connectivity index (χ1) is 11.9. The van der Waals surface area contributed by atoms with Gasteiger partial charge in [-0.05, 0) is 42.8 Å². The van der Waals surface area contributed by atoms with E-state index in [1.807, 2.05) is 25.1 Å². The zero-order valence-electron chi connectivity index (χ0n) is 14.9. The van der Waals surface area contributed by atoms with Crippen LogP contribution < -0.4 is 5.01 Å². The van der Waals surface area contributed by atoms with Crippen LogP contribution in [0.2, 0.25) is 0 Å². The lowest BCUT2D eigenvalue weighted by Crippen LogP contribution is -2.07. The van der Waals surface area contributed by atoms with Crippen molar-refractivity contribution in [2.45, 2.75) is 6.92 Å². The summed E-state index contributed by atoms with van der Waals surface area (Å²) < 4.78 is 9.15. The van der Waals surface area contributed by atoms with Crippen molar-refractivity contribution in [2.75, 3.05) is 26.3 Å². The molecular formula is C19H22N2O4. The van der Waals surface area contributed by atoms with Crippen molar-refractivity contribution >= 4 is 24.3 Å². The Bertz CT molecular complexity index is 726. The lowest BCUT2D eigenvalue weighted by atomic mass is 10.1. The molecule has 0 heterocycles. The third-order valence-electron chi connectivity index (χ3n) is 3.42. The Balaban J connectivity index is 0.000000257. The summed E-state index contributed by atoms with van der Waals surface area (Å²) in [5.74, 6) is -0.617. The number of rotatable bonds is 4. The molecule has 132 valence electrons. The molecule has 25 heavy (non-hydrogen) atoms. The number of esters is 2. The van der Waals surface area contributed by atoms with Crippen LogP contribution in [0.25, 0.3) is 0 Å². The molecule has 0 N–H and O–H groups in total. The molecule has 2 aromatic carbocycles. The van der Waals surface area contributed by atoms with Crippen molar-refractivity contribution in [3.8, 4) is 0 Å². The predicted octanol–water partition coefficient (Wildman–Crippen LogP) is 3.31. The van der Waals surface area contributed by atoms with E-state index in [9.17, 15) is 9.59 Å². The van der Waals surface area contributed by atoms with Crippen molar-refractivity contribution < 1.29 is 19.1 Å². The van der Waals surface area contributed by atoms with Crippen LogP contribution in [0.5, 0.6) is 0 Å². The van der Waals surface area contributed by atoms with Crippen LogP contribution in [0.4, 0.5) is 5.69 Å². The highest BCUT2D eigenvalue weighted by Gasteiger charge is 2.06. The molecule has 0 aliphatic rings. The van der Waals surface area contributed by atoms with Crippen molar-refractivity contribution in [3.63, 3.8) is 0 Å². The molecule has 0 bridgehead atoms. The van der Waals surface area contributed by atoms with E-state index in [4.69, 9.17) is 0 Å². The number of methoxy groups -OCH3 is 2. The summed E-state index contributed by atoms with van der Waals surface area (Å²) >= 11 is 0. The van der Waals surface area contributed by atoms with Crippen LogP contribution >= 0.6 is 0 Å². The van der Waals surface area contributed by atoms with E-state index < -0.39 is 0 Å². The Morgan fingerprint density at radius 3 is 2.00 bits per heavy atom. The second-order valence-corrected chi connectivity index (χ2v) is 5.01. The van der Waals surface area contributed by atoms with Crippen LogP contribution in [-0.2, 0) is 9.47 Å². The third kappa shape index (κ3) is 5.76. The van der Waals surface area contributed by atoms with Gasteiger partial charge in [-0.15, -0.1) is 0 Å². The second kappa shape index (κ2) is 9.87. The van der Waals surface area contributed by atoms with Gasteiger partial charge in [-0.1, -0.05) is 18.2 Å². The lowest BCUT2D eigenvalue weighted by Gasteiger charge is -2.11. The monoisotopic (exact) mass is 342 g/mol. The van der Waals surface area contributed by atoms with Gasteiger partial charge in [0.05, 0.1) is 31.0 Å². The fraction of sp³-hybridized carbons (Fsp3) is 0.211. The minimum absolute atomic E-state index is 0.275. The van der Waals surface area contributed by atoms with E-state index in [-0.39, 0.29) is 11.9 Å². The second-order valence-electron chi connectivity index (χ2n) is 5.01. The molecule has 0 aromatic heterocycles. The first kappa shape index (κ1) is 19.9. The van der Waals surface area contributed by atoms with Gasteiger partial charge in [-0.2, -0.15) is 5.10 Å². The molecule has 0 unspecified atom stereocenters. The maximum Gasteiger partial charge on any atom is 0.338 e. The molecule has 0 spiro atoms. The van der Waals surface area contributed by atoms with Crippen molar-refractivity contribution in [1.82, 2.24) is 0 Å². The maximum absolute atomic E-state index is 11.1. The van der Waals surface area contributed by atoms with Gasteiger partial charge in [-0.25, -0.2) is 9.59 Å². The molecule has 6 nitrogen and oxygen atoms in total. The van der Waals surface area contributed by atoms with E-state index in [0.29, 0.717) is 11.1 Å². The summed E-state index contributed by atoms with van der Waals surface area (Å²) in [7, 11) is 4.52. The van der Waals surface area contributed by atoms with Crippen LogP contribution in [0.3, 0.4) is 0 Å². The highest BCUT2D eigenvalue weighted by atomic mass is 16.5. The molecule has 6 heteroatoms. The van der Waals surface area contributed by atoms with Gasteiger partial charge in [0.15, 0.2) is 0 Å². The smallest absolute Gasteiger partial charge is 0.338 e. The number of anilines is 1. The average Bonchev–Trinajstić information content (AvgIpc) is 2.67. The molecule has 0 fully saturated rings. The quantitative estimate of drug-likeness (QED) is 0.484. The van der Waals surface area contributed by atoms with Crippen molar-refractivity contribution in [1.29, 1.82) is 0 Å². The van der Waals surface area contributed by atoms with Gasteiger partial charge in [0.25, 0.3) is 0 Å². The number of benzene rings is 2. The first-order valence-corrected chi connectivity index (χ1v) is 7.47. The lowest BCUT2D eigenvalue weighted by molar-refractivity contribution is 0.0591. The Kier molecular flexibility index (Phi) is 7.86. The standard InChI is InChI=1S/C10H12N2O2.C9H10O2/c1-11-12(2)9-6-4-8(5-7-9)10(13)14-3;1-7-5-3-4-6-8(7)9(10)11-2/h4-7H,1H2,2-3H3;3-6H,1-2H3. The summed E-state index contributed by atoms with van der Waals surface area (Å²) in [6.07, 6.45) is 0. The van der Waals surface area contributed by atoms with Crippen LogP contribution in [-0.4, -0.2) is 39.9 Å². The third-order valence-corrected chi connectivity index (χ3v) is 3.42. The van der Waals surface area contributed by atoms with E-state index >= 15 is 0 Å². The highest BCUT2D eigenvalue weighted by Crippen LogP contribution is 2.14. The van der Waals surface area contributed by atoms with E-state index in [1.54, 1.807) is 42.4 Å². The van der Waals surface area contributed by atoms with Crippen molar-refractivity contribution in [2.24, 2.45) is 5.10 Å². The number of carbonyl (C=O) groups is 2. The van der Waals surface area contributed by atoms with Gasteiger partial charge in [0, 0.05) is 13.8 Å². The summed E-state index contributed by atoms with van der Waals surface area (Å²) in [5.41, 5.74) is 2.97. The van der Waals surface area contributed by atoms with E-state index in [2.05, 4.69) is 21.3 Å². The molecule has 0 atom stereocenters. The summed E-state index contributed by atoms with van der Waals surface area (Å²) in [5, 5.41) is 5.33. The van der Waals surface area contributed by atoms with E-state index in [1.165, 1.54) is 14.2 Å². The number of hydrogen-bond donors (Lipinski definition) is 0. The first-order valence-electron chi connectivity index (χ1n) is 7.47. The number of nitrogens with zero attached hydrogens (tertiary/aromatic N) is 2. The molecular weight excluding hydrogens is 320 g/mol. The Hall–Kier alpha value is -3.15. The SMILES string of the molecule is C=NN(C)c1ccc(C(=O)OC)cc1.COC(=O)c1ccccc1C. The Morgan fingerprint density at radius 1 is 0.960 bits per heavy atom. The summed E-state index contributed by atoms with van der Waals surface area (Å²) in [4.78, 5) is 22.1. The van der Waals surface area contributed by atoms with Gasteiger partial charge in [0.2, 0.25) is 0 Å². The topological polar surface area (TPSA) is 68.2 Å². The number of aryl methyl sites for hydroxylation is 1. The molecule has 0 saturated heterocycles.